The van der Waals surface area contributed by atoms with Crippen molar-refractivity contribution < 1.29 is 9.72 Å². The zero-order valence-electron chi connectivity index (χ0n) is 11.1. The molecule has 0 saturated carbocycles. The van der Waals surface area contributed by atoms with Crippen molar-refractivity contribution in [2.24, 2.45) is 0 Å². The molecule has 0 radical (unpaired) electrons. The predicted molar refractivity (Wildman–Crippen MR) is 83.6 cm³/mol. The summed E-state index contributed by atoms with van der Waals surface area (Å²) >= 11 is 3.28. The van der Waals surface area contributed by atoms with Crippen LogP contribution in [0.25, 0.3) is 11.6 Å². The number of rotatable bonds is 4. The number of nitrogens with zero attached hydrogens (tertiary/aromatic N) is 2. The minimum atomic E-state index is -0.470. The van der Waals surface area contributed by atoms with E-state index in [1.54, 1.807) is 36.5 Å². The molecule has 21 heavy (non-hydrogen) atoms. The van der Waals surface area contributed by atoms with E-state index >= 15 is 0 Å². The van der Waals surface area contributed by atoms with E-state index in [0.717, 1.165) is 4.47 Å². The Morgan fingerprint density at radius 2 is 2.10 bits per heavy atom. The highest BCUT2D eigenvalue weighted by atomic mass is 79.9. The Kier molecular flexibility index (Phi) is 4.59. The first-order valence-electron chi connectivity index (χ1n) is 6.06. The molecule has 0 amide bonds. The van der Waals surface area contributed by atoms with E-state index in [4.69, 9.17) is 0 Å². The van der Waals surface area contributed by atoms with Crippen LogP contribution in [0.15, 0.2) is 47.1 Å². The number of carbonyl (C=O) groups excluding carboxylic acids is 1. The lowest BCUT2D eigenvalue weighted by molar-refractivity contribution is -0.384. The van der Waals surface area contributed by atoms with Gasteiger partial charge in [0.05, 0.1) is 10.6 Å². The molecule has 5 nitrogen and oxygen atoms in total. The first-order chi connectivity index (χ1) is 9.97. The maximum Gasteiger partial charge on any atom is 0.270 e. The third-order valence-electron chi connectivity index (χ3n) is 2.77. The number of Topliss-reactive ketones (excluding diaryl/α,β-unsaturated/α-hetero) is 1. The molecule has 0 bridgehead atoms. The number of nitro benzene ring substituents is 1. The Hall–Kier alpha value is -2.34. The van der Waals surface area contributed by atoms with Crippen LogP contribution < -0.4 is 0 Å². The van der Waals surface area contributed by atoms with Crippen LogP contribution in [0.1, 0.15) is 18.2 Å². The highest BCUT2D eigenvalue weighted by Crippen LogP contribution is 2.21. The van der Waals surface area contributed by atoms with Crippen LogP contribution in [-0.4, -0.2) is 15.7 Å². The van der Waals surface area contributed by atoms with E-state index in [0.29, 0.717) is 16.8 Å². The van der Waals surface area contributed by atoms with Crippen LogP contribution in [0.5, 0.6) is 0 Å². The van der Waals surface area contributed by atoms with Crippen molar-refractivity contribution in [3.63, 3.8) is 0 Å². The molecule has 0 spiro atoms. The van der Waals surface area contributed by atoms with Gasteiger partial charge in [-0.3, -0.25) is 19.9 Å². The van der Waals surface area contributed by atoms with Gasteiger partial charge < -0.3 is 0 Å². The number of non-ortho nitro benzene ring substituents is 1. The summed E-state index contributed by atoms with van der Waals surface area (Å²) in [6.07, 6.45) is 3.20. The molecule has 0 fully saturated rings. The number of nitro groups is 1. The smallest absolute Gasteiger partial charge is 0.270 e. The molecule has 0 aliphatic heterocycles. The molecule has 106 valence electrons. The molecule has 0 unspecified atom stereocenters. The number of hydrogen-bond acceptors (Lipinski definition) is 4. The van der Waals surface area contributed by atoms with Crippen molar-refractivity contribution in [1.29, 1.82) is 0 Å². The van der Waals surface area contributed by atoms with Gasteiger partial charge in [0.15, 0.2) is 5.78 Å². The van der Waals surface area contributed by atoms with Gasteiger partial charge in [-0.25, -0.2) is 0 Å². The van der Waals surface area contributed by atoms with Gasteiger partial charge in [-0.1, -0.05) is 12.1 Å². The number of ketones is 1. The van der Waals surface area contributed by atoms with Crippen molar-refractivity contribution in [2.75, 3.05) is 0 Å². The Balaban J connectivity index is 2.47. The van der Waals surface area contributed by atoms with Crippen molar-refractivity contribution in [2.45, 2.75) is 6.92 Å². The average Bonchev–Trinajstić information content (AvgIpc) is 2.46. The van der Waals surface area contributed by atoms with Gasteiger partial charge in [-0.15, -0.1) is 0 Å². The van der Waals surface area contributed by atoms with Gasteiger partial charge >= 0.3 is 0 Å². The second kappa shape index (κ2) is 6.41. The van der Waals surface area contributed by atoms with E-state index in [1.807, 2.05) is 0 Å². The fraction of sp³-hybridized carbons (Fsp3) is 0.0667. The van der Waals surface area contributed by atoms with Crippen molar-refractivity contribution >= 4 is 39.0 Å². The van der Waals surface area contributed by atoms with Crippen molar-refractivity contribution in [1.82, 2.24) is 4.98 Å². The molecule has 0 atom stereocenters. The Morgan fingerprint density at radius 1 is 1.33 bits per heavy atom. The summed E-state index contributed by atoms with van der Waals surface area (Å²) in [5.74, 6) is -0.156. The third kappa shape index (κ3) is 3.82. The maximum absolute atomic E-state index is 11.8. The standard InChI is InChI=1S/C15H11BrN2O3/c1-10(19)14(15-6-5-12(16)9-17-15)8-11-3-2-4-13(7-11)18(20)21/h2-9H,1H3. The van der Waals surface area contributed by atoms with Crippen LogP contribution in [0, 0.1) is 10.1 Å². The molecule has 1 aromatic heterocycles. The predicted octanol–water partition coefficient (Wildman–Crippen LogP) is 3.88. The molecule has 2 rings (SSSR count). The van der Waals surface area contributed by atoms with E-state index in [1.165, 1.54) is 19.1 Å². The summed E-state index contributed by atoms with van der Waals surface area (Å²) in [5, 5.41) is 10.8. The molecule has 0 aliphatic carbocycles. The van der Waals surface area contributed by atoms with E-state index in [9.17, 15) is 14.9 Å². The highest BCUT2D eigenvalue weighted by molar-refractivity contribution is 9.10. The first-order valence-corrected chi connectivity index (χ1v) is 6.85. The molecule has 0 N–H and O–H groups in total. The van der Waals surface area contributed by atoms with Gasteiger partial charge in [0.25, 0.3) is 5.69 Å². The van der Waals surface area contributed by atoms with Crippen LogP contribution in [-0.2, 0) is 4.79 Å². The molecule has 0 aliphatic rings. The summed E-state index contributed by atoms with van der Waals surface area (Å²) < 4.78 is 0.810. The van der Waals surface area contributed by atoms with Gasteiger partial charge in [-0.2, -0.15) is 0 Å². The number of pyridine rings is 1. The lowest BCUT2D eigenvalue weighted by Crippen LogP contribution is -1.98. The number of hydrogen-bond donors (Lipinski definition) is 0. The van der Waals surface area contributed by atoms with E-state index < -0.39 is 4.92 Å². The summed E-state index contributed by atoms with van der Waals surface area (Å²) in [6.45, 7) is 1.44. The average molecular weight is 347 g/mol. The third-order valence-corrected chi connectivity index (χ3v) is 3.24. The van der Waals surface area contributed by atoms with E-state index in [-0.39, 0.29) is 11.5 Å². The summed E-state index contributed by atoms with van der Waals surface area (Å²) in [6, 6.07) is 9.61. The minimum absolute atomic E-state index is 0.0181. The van der Waals surface area contributed by atoms with Crippen LogP contribution in [0.4, 0.5) is 5.69 Å². The summed E-state index contributed by atoms with van der Waals surface area (Å²) in [4.78, 5) is 26.3. The topological polar surface area (TPSA) is 73.1 Å². The second-order valence-corrected chi connectivity index (χ2v) is 5.24. The normalized spacial score (nSPS) is 11.2. The SMILES string of the molecule is CC(=O)C(=Cc1cccc([N+](=O)[O-])c1)c1ccc(Br)cn1. The van der Waals surface area contributed by atoms with Gasteiger partial charge in [0.2, 0.25) is 0 Å². The minimum Gasteiger partial charge on any atom is -0.294 e. The van der Waals surface area contributed by atoms with Crippen molar-refractivity contribution in [3.8, 4) is 0 Å². The maximum atomic E-state index is 11.8. The molecular formula is C15H11BrN2O3. The Labute approximate surface area is 129 Å². The Morgan fingerprint density at radius 3 is 2.67 bits per heavy atom. The Bertz CT molecular complexity index is 724. The molecule has 1 heterocycles. The highest BCUT2D eigenvalue weighted by Gasteiger charge is 2.10. The van der Waals surface area contributed by atoms with Gasteiger partial charge in [-0.05, 0) is 46.6 Å². The van der Waals surface area contributed by atoms with Crippen LogP contribution in [0.2, 0.25) is 0 Å². The van der Waals surface area contributed by atoms with Crippen molar-refractivity contribution in [3.05, 3.63) is 68.4 Å². The van der Waals surface area contributed by atoms with Crippen LogP contribution in [0.3, 0.4) is 0 Å². The fourth-order valence-corrected chi connectivity index (χ4v) is 2.02. The first kappa shape index (κ1) is 15.1. The molecule has 6 heteroatoms. The lowest BCUT2D eigenvalue weighted by atomic mass is 10.0. The number of halogens is 1. The van der Waals surface area contributed by atoms with Gasteiger partial charge in [0, 0.05) is 28.4 Å². The van der Waals surface area contributed by atoms with Gasteiger partial charge in [0.1, 0.15) is 0 Å². The zero-order chi connectivity index (χ0) is 15.4. The monoisotopic (exact) mass is 346 g/mol. The largest absolute Gasteiger partial charge is 0.294 e. The van der Waals surface area contributed by atoms with E-state index in [2.05, 4.69) is 20.9 Å². The summed E-state index contributed by atoms with van der Waals surface area (Å²) in [5.41, 5.74) is 1.50. The molecule has 2 aromatic rings. The zero-order valence-corrected chi connectivity index (χ0v) is 12.7. The molecule has 1 aromatic carbocycles. The number of carbonyl (C=O) groups is 1. The summed E-state index contributed by atoms with van der Waals surface area (Å²) in [7, 11) is 0. The molecule has 0 saturated heterocycles. The van der Waals surface area contributed by atoms with Crippen LogP contribution >= 0.6 is 15.9 Å². The number of allylic oxidation sites excluding steroid dienone is 1. The number of aromatic nitrogens is 1. The quantitative estimate of drug-likeness (QED) is 0.478. The number of benzene rings is 1. The second-order valence-electron chi connectivity index (χ2n) is 4.33. The molecular weight excluding hydrogens is 336 g/mol. The lowest BCUT2D eigenvalue weighted by Gasteiger charge is -2.04. The fourth-order valence-electron chi connectivity index (χ4n) is 1.79.